The highest BCUT2D eigenvalue weighted by molar-refractivity contribution is 5.70. The van der Waals surface area contributed by atoms with Crippen LogP contribution in [0.4, 0.5) is 4.39 Å². The lowest BCUT2D eigenvalue weighted by Gasteiger charge is -2.12. The number of aliphatic carboxylic acids is 1. The Hall–Kier alpha value is -1.46. The Labute approximate surface area is 105 Å². The molecule has 0 aliphatic rings. The maximum atomic E-state index is 12.7. The maximum Gasteiger partial charge on any atom is 0.306 e. The molecule has 1 aromatic rings. The Morgan fingerprint density at radius 2 is 1.94 bits per heavy atom. The third-order valence-corrected chi connectivity index (χ3v) is 2.59. The molecule has 100 valence electrons. The molecule has 1 rings (SSSR count). The van der Waals surface area contributed by atoms with E-state index < -0.39 is 11.9 Å². The van der Waals surface area contributed by atoms with Crippen LogP contribution in [-0.2, 0) is 16.0 Å². The molecule has 0 heterocycles. The second-order valence-electron chi connectivity index (χ2n) is 3.99. The van der Waals surface area contributed by atoms with Crippen molar-refractivity contribution in [2.24, 2.45) is 5.92 Å². The van der Waals surface area contributed by atoms with E-state index in [1.807, 2.05) is 0 Å². The highest BCUT2D eigenvalue weighted by Crippen LogP contribution is 2.13. The average Bonchev–Trinajstić information content (AvgIpc) is 2.35. The topological polar surface area (TPSA) is 66.8 Å². The van der Waals surface area contributed by atoms with E-state index in [1.165, 1.54) is 12.1 Å². The number of hydrogen-bond acceptors (Lipinski definition) is 3. The van der Waals surface area contributed by atoms with Crippen LogP contribution in [0, 0.1) is 11.7 Å². The molecule has 5 heteroatoms. The highest BCUT2D eigenvalue weighted by Gasteiger charge is 2.17. The second-order valence-corrected chi connectivity index (χ2v) is 3.99. The lowest BCUT2D eigenvalue weighted by Crippen LogP contribution is -2.19. The summed E-state index contributed by atoms with van der Waals surface area (Å²) in [7, 11) is 0. The third-order valence-electron chi connectivity index (χ3n) is 2.59. The summed E-state index contributed by atoms with van der Waals surface area (Å²) < 4.78 is 17.8. The van der Waals surface area contributed by atoms with Crippen LogP contribution in [-0.4, -0.2) is 36.0 Å². The molecule has 0 fully saturated rings. The van der Waals surface area contributed by atoms with E-state index in [0.717, 1.165) is 5.56 Å². The van der Waals surface area contributed by atoms with Crippen molar-refractivity contribution in [1.82, 2.24) is 0 Å². The number of carboxylic acids is 1. The third kappa shape index (κ3) is 5.25. The molecule has 1 atom stereocenters. The zero-order chi connectivity index (χ0) is 13.4. The number of hydrogen-bond donors (Lipinski definition) is 2. The summed E-state index contributed by atoms with van der Waals surface area (Å²) in [5, 5.41) is 17.6. The van der Waals surface area contributed by atoms with Gasteiger partial charge in [-0.15, -0.1) is 0 Å². The van der Waals surface area contributed by atoms with Crippen LogP contribution in [0.5, 0.6) is 0 Å². The van der Waals surface area contributed by atoms with Gasteiger partial charge < -0.3 is 14.9 Å². The summed E-state index contributed by atoms with van der Waals surface area (Å²) in [6, 6.07) is 5.80. The van der Waals surface area contributed by atoms with Crippen LogP contribution in [0.15, 0.2) is 24.3 Å². The fourth-order valence-electron chi connectivity index (χ4n) is 1.61. The monoisotopic (exact) mass is 256 g/mol. The standard InChI is InChI=1S/C13H17FO4/c14-12-3-1-10(2-4-12)9-11(13(16)17)5-7-18-8-6-15/h1-4,11,15H,5-9H2,(H,16,17). The first-order chi connectivity index (χ1) is 8.63. The summed E-state index contributed by atoms with van der Waals surface area (Å²) in [6.45, 7) is 0.428. The lowest BCUT2D eigenvalue weighted by molar-refractivity contribution is -0.142. The van der Waals surface area contributed by atoms with Crippen molar-refractivity contribution in [3.63, 3.8) is 0 Å². The summed E-state index contributed by atoms with van der Waals surface area (Å²) in [5.74, 6) is -1.79. The molecule has 0 spiro atoms. The van der Waals surface area contributed by atoms with Crippen LogP contribution >= 0.6 is 0 Å². The van der Waals surface area contributed by atoms with Crippen LogP contribution in [0.1, 0.15) is 12.0 Å². The molecule has 4 nitrogen and oxygen atoms in total. The Balaban J connectivity index is 2.47. The quantitative estimate of drug-likeness (QED) is 0.691. The van der Waals surface area contributed by atoms with Gasteiger partial charge in [0.2, 0.25) is 0 Å². The molecule has 0 radical (unpaired) electrons. The van der Waals surface area contributed by atoms with E-state index in [2.05, 4.69) is 0 Å². The summed E-state index contributed by atoms with van der Waals surface area (Å²) >= 11 is 0. The van der Waals surface area contributed by atoms with Gasteiger partial charge in [0.25, 0.3) is 0 Å². The highest BCUT2D eigenvalue weighted by atomic mass is 19.1. The van der Waals surface area contributed by atoms with Crippen molar-refractivity contribution < 1.29 is 24.1 Å². The molecule has 0 aliphatic heterocycles. The number of carboxylic acid groups (broad SMARTS) is 1. The van der Waals surface area contributed by atoms with Gasteiger partial charge in [-0.25, -0.2) is 4.39 Å². The minimum atomic E-state index is -0.896. The number of benzene rings is 1. The Kier molecular flexibility index (Phi) is 6.32. The smallest absolute Gasteiger partial charge is 0.306 e. The van der Waals surface area contributed by atoms with Gasteiger partial charge in [0.15, 0.2) is 0 Å². The van der Waals surface area contributed by atoms with E-state index in [-0.39, 0.29) is 19.0 Å². The van der Waals surface area contributed by atoms with E-state index in [9.17, 15) is 9.18 Å². The van der Waals surface area contributed by atoms with Gasteiger partial charge in [-0.1, -0.05) is 12.1 Å². The molecule has 0 aliphatic carbocycles. The van der Waals surface area contributed by atoms with E-state index in [0.29, 0.717) is 19.4 Å². The SMILES string of the molecule is O=C(O)C(CCOCCO)Cc1ccc(F)cc1. The van der Waals surface area contributed by atoms with Gasteiger partial charge >= 0.3 is 5.97 Å². The van der Waals surface area contributed by atoms with Crippen LogP contribution in [0.25, 0.3) is 0 Å². The Morgan fingerprint density at radius 3 is 2.50 bits per heavy atom. The number of aliphatic hydroxyl groups excluding tert-OH is 1. The molecule has 1 unspecified atom stereocenters. The van der Waals surface area contributed by atoms with Crippen molar-refractivity contribution in [1.29, 1.82) is 0 Å². The van der Waals surface area contributed by atoms with Gasteiger partial charge in [0.05, 0.1) is 19.1 Å². The molecular weight excluding hydrogens is 239 g/mol. The average molecular weight is 256 g/mol. The summed E-state index contributed by atoms with van der Waals surface area (Å²) in [5.41, 5.74) is 0.783. The van der Waals surface area contributed by atoms with Gasteiger partial charge in [-0.3, -0.25) is 4.79 Å². The molecule has 1 aromatic carbocycles. The fraction of sp³-hybridized carbons (Fsp3) is 0.462. The second kappa shape index (κ2) is 7.79. The van der Waals surface area contributed by atoms with Gasteiger partial charge in [0.1, 0.15) is 5.82 Å². The van der Waals surface area contributed by atoms with Crippen LogP contribution in [0.2, 0.25) is 0 Å². The maximum absolute atomic E-state index is 12.7. The predicted molar refractivity (Wildman–Crippen MR) is 63.8 cm³/mol. The van der Waals surface area contributed by atoms with Gasteiger partial charge in [0, 0.05) is 6.61 Å². The van der Waals surface area contributed by atoms with E-state index >= 15 is 0 Å². The van der Waals surface area contributed by atoms with Crippen LogP contribution in [0.3, 0.4) is 0 Å². The number of carbonyl (C=O) groups is 1. The normalized spacial score (nSPS) is 12.3. The van der Waals surface area contributed by atoms with Crippen molar-refractivity contribution in [3.8, 4) is 0 Å². The predicted octanol–water partition coefficient (Wildman–Crippen LogP) is 1.47. The minimum absolute atomic E-state index is 0.0737. The first kappa shape index (κ1) is 14.6. The number of ether oxygens (including phenoxy) is 1. The van der Waals surface area contributed by atoms with Gasteiger partial charge in [-0.05, 0) is 30.5 Å². The summed E-state index contributed by atoms with van der Waals surface area (Å²) in [6.07, 6.45) is 0.713. The largest absolute Gasteiger partial charge is 0.481 e. The molecule has 2 N–H and O–H groups in total. The first-order valence-electron chi connectivity index (χ1n) is 5.79. The van der Waals surface area contributed by atoms with Gasteiger partial charge in [-0.2, -0.15) is 0 Å². The van der Waals surface area contributed by atoms with Crippen molar-refractivity contribution in [2.75, 3.05) is 19.8 Å². The Morgan fingerprint density at radius 1 is 1.28 bits per heavy atom. The van der Waals surface area contributed by atoms with Crippen LogP contribution < -0.4 is 0 Å². The van der Waals surface area contributed by atoms with Crippen molar-refractivity contribution >= 4 is 5.97 Å². The molecule has 0 saturated heterocycles. The molecule has 0 bridgehead atoms. The zero-order valence-electron chi connectivity index (χ0n) is 10.0. The molecular formula is C13H17FO4. The lowest BCUT2D eigenvalue weighted by atomic mass is 9.97. The fourth-order valence-corrected chi connectivity index (χ4v) is 1.61. The van der Waals surface area contributed by atoms with Crippen molar-refractivity contribution in [3.05, 3.63) is 35.6 Å². The Bertz CT molecular complexity index is 364. The minimum Gasteiger partial charge on any atom is -0.481 e. The number of halogens is 1. The first-order valence-corrected chi connectivity index (χ1v) is 5.79. The van der Waals surface area contributed by atoms with E-state index in [1.54, 1.807) is 12.1 Å². The van der Waals surface area contributed by atoms with E-state index in [4.69, 9.17) is 14.9 Å². The molecule has 0 amide bonds. The summed E-state index contributed by atoms with van der Waals surface area (Å²) in [4.78, 5) is 11.1. The van der Waals surface area contributed by atoms with Crippen molar-refractivity contribution in [2.45, 2.75) is 12.8 Å². The number of aliphatic hydroxyl groups is 1. The number of rotatable bonds is 8. The molecule has 0 aromatic heterocycles. The molecule has 0 saturated carbocycles. The molecule has 18 heavy (non-hydrogen) atoms. The zero-order valence-corrected chi connectivity index (χ0v) is 10.0.